The Morgan fingerprint density at radius 3 is 2.95 bits per heavy atom. The molecule has 3 atom stereocenters. The first-order valence-electron chi connectivity index (χ1n) is 6.13. The molecule has 19 heavy (non-hydrogen) atoms. The van der Waals surface area contributed by atoms with Crippen LogP contribution in [0.5, 0.6) is 0 Å². The van der Waals surface area contributed by atoms with Crippen molar-refractivity contribution < 1.29 is 14.4 Å². The molecule has 2 aliphatic rings. The van der Waals surface area contributed by atoms with Crippen LogP contribution in [0.4, 0.5) is 4.79 Å². The van der Waals surface area contributed by atoms with E-state index in [0.717, 1.165) is 5.57 Å². The van der Waals surface area contributed by atoms with Crippen molar-refractivity contribution in [1.82, 2.24) is 9.96 Å². The largest absolute Gasteiger partial charge is 0.368 e. The van der Waals surface area contributed by atoms with Gasteiger partial charge in [0.05, 0.1) is 18.7 Å². The molecule has 2 aliphatic heterocycles. The SMILES string of the molecule is CCC(C#N)ON1C(=O)N2C[C@H]1C=C(C)[C@H]2C(N)=O. The zero-order valence-corrected chi connectivity index (χ0v) is 10.9. The highest BCUT2D eigenvalue weighted by Gasteiger charge is 2.47. The highest BCUT2D eigenvalue weighted by Crippen LogP contribution is 2.29. The summed E-state index contributed by atoms with van der Waals surface area (Å²) in [7, 11) is 0. The highest BCUT2D eigenvalue weighted by atomic mass is 16.7. The van der Waals surface area contributed by atoms with Gasteiger partial charge in [0, 0.05) is 0 Å². The number of amides is 3. The topological polar surface area (TPSA) is 99.7 Å². The van der Waals surface area contributed by atoms with Gasteiger partial charge in [-0.05, 0) is 18.9 Å². The number of fused-ring (bicyclic) bond motifs is 2. The fourth-order valence-electron chi connectivity index (χ4n) is 2.43. The predicted octanol–water partition coefficient (Wildman–Crippen LogP) is 0.140. The number of hydrogen-bond donors (Lipinski definition) is 1. The summed E-state index contributed by atoms with van der Waals surface area (Å²) in [5, 5.41) is 10.1. The Bertz CT molecular complexity index is 482. The Hall–Kier alpha value is -2.07. The Labute approximate surface area is 111 Å². The van der Waals surface area contributed by atoms with Gasteiger partial charge in [-0.2, -0.15) is 10.3 Å². The molecule has 7 nitrogen and oxygen atoms in total. The first-order chi connectivity index (χ1) is 8.99. The standard InChI is InChI=1S/C12H16N4O3/c1-3-9(5-13)19-16-8-4-7(2)10(11(14)17)15(6-8)12(16)18/h4,8-10H,3,6H2,1-2H3,(H2,14,17)/t8-,9?,10+/m1/s1. The molecule has 3 amide bonds. The Balaban J connectivity index is 2.23. The van der Waals surface area contributed by atoms with Crippen molar-refractivity contribution in [2.24, 2.45) is 5.73 Å². The van der Waals surface area contributed by atoms with Gasteiger partial charge >= 0.3 is 6.03 Å². The Kier molecular flexibility index (Phi) is 3.44. The summed E-state index contributed by atoms with van der Waals surface area (Å²) < 4.78 is 0. The minimum atomic E-state index is -0.723. The summed E-state index contributed by atoms with van der Waals surface area (Å²) >= 11 is 0. The van der Waals surface area contributed by atoms with Gasteiger partial charge < -0.3 is 10.6 Å². The third-order valence-corrected chi connectivity index (χ3v) is 3.34. The fourth-order valence-corrected chi connectivity index (χ4v) is 2.43. The monoisotopic (exact) mass is 264 g/mol. The lowest BCUT2D eigenvalue weighted by molar-refractivity contribution is -0.145. The number of carbonyl (C=O) groups is 2. The maximum Gasteiger partial charge on any atom is 0.345 e. The van der Waals surface area contributed by atoms with E-state index in [1.165, 1.54) is 9.96 Å². The summed E-state index contributed by atoms with van der Waals surface area (Å²) in [6, 6.07) is 0.561. The van der Waals surface area contributed by atoms with Gasteiger partial charge in [0.2, 0.25) is 5.91 Å². The first kappa shape index (κ1) is 13.4. The second kappa shape index (κ2) is 4.90. The van der Waals surface area contributed by atoms with Crippen LogP contribution in [0.1, 0.15) is 20.3 Å². The Morgan fingerprint density at radius 1 is 1.74 bits per heavy atom. The van der Waals surface area contributed by atoms with Gasteiger partial charge in [0.1, 0.15) is 6.04 Å². The number of carbonyl (C=O) groups excluding carboxylic acids is 2. The van der Waals surface area contributed by atoms with E-state index >= 15 is 0 Å². The number of primary amides is 1. The van der Waals surface area contributed by atoms with Gasteiger partial charge in [0.25, 0.3) is 0 Å². The second-order valence-electron chi connectivity index (χ2n) is 4.68. The molecule has 0 aromatic heterocycles. The molecule has 2 heterocycles. The number of nitrogens with zero attached hydrogens (tertiary/aromatic N) is 3. The molecule has 1 unspecified atom stereocenters. The van der Waals surface area contributed by atoms with Gasteiger partial charge in [-0.3, -0.25) is 9.63 Å². The van der Waals surface area contributed by atoms with Gasteiger partial charge in [0.15, 0.2) is 6.10 Å². The summed E-state index contributed by atoms with van der Waals surface area (Å²) in [6.45, 7) is 3.91. The van der Waals surface area contributed by atoms with Crippen molar-refractivity contribution in [2.75, 3.05) is 6.54 Å². The lowest BCUT2D eigenvalue weighted by Gasteiger charge is -2.27. The molecule has 1 saturated heterocycles. The molecular formula is C12H16N4O3. The molecular weight excluding hydrogens is 248 g/mol. The van der Waals surface area contributed by atoms with Crippen molar-refractivity contribution in [3.8, 4) is 6.07 Å². The highest BCUT2D eigenvalue weighted by molar-refractivity contribution is 5.90. The van der Waals surface area contributed by atoms with Crippen LogP contribution in [-0.2, 0) is 9.63 Å². The molecule has 0 saturated carbocycles. The molecule has 7 heteroatoms. The maximum absolute atomic E-state index is 12.2. The molecule has 0 aliphatic carbocycles. The van der Waals surface area contributed by atoms with Crippen LogP contribution in [0.3, 0.4) is 0 Å². The molecule has 0 spiro atoms. The molecule has 102 valence electrons. The number of urea groups is 1. The number of nitrogens with two attached hydrogens (primary N) is 1. The zero-order valence-electron chi connectivity index (χ0n) is 10.9. The van der Waals surface area contributed by atoms with E-state index < -0.39 is 24.1 Å². The molecule has 1 fully saturated rings. The second-order valence-corrected chi connectivity index (χ2v) is 4.68. The van der Waals surface area contributed by atoms with E-state index in [-0.39, 0.29) is 6.04 Å². The van der Waals surface area contributed by atoms with Gasteiger partial charge in [-0.1, -0.05) is 13.0 Å². The maximum atomic E-state index is 12.2. The van der Waals surface area contributed by atoms with E-state index in [4.69, 9.17) is 15.8 Å². The first-order valence-corrected chi connectivity index (χ1v) is 6.13. The van der Waals surface area contributed by atoms with Crippen molar-refractivity contribution >= 4 is 11.9 Å². The predicted molar refractivity (Wildman–Crippen MR) is 65.2 cm³/mol. The van der Waals surface area contributed by atoms with Crippen LogP contribution < -0.4 is 5.73 Å². The molecule has 0 radical (unpaired) electrons. The average Bonchev–Trinajstić information content (AvgIpc) is 2.60. The normalized spacial score (nSPS) is 27.0. The summed E-state index contributed by atoms with van der Waals surface area (Å²) in [6.07, 6.45) is 1.60. The van der Waals surface area contributed by atoms with E-state index in [0.29, 0.717) is 13.0 Å². The van der Waals surface area contributed by atoms with E-state index in [1.54, 1.807) is 19.9 Å². The third kappa shape index (κ3) is 2.15. The van der Waals surface area contributed by atoms with Crippen LogP contribution in [0, 0.1) is 11.3 Å². The van der Waals surface area contributed by atoms with Crippen molar-refractivity contribution in [3.63, 3.8) is 0 Å². The summed E-state index contributed by atoms with van der Waals surface area (Å²) in [4.78, 5) is 30.4. The zero-order chi connectivity index (χ0) is 14.2. The van der Waals surface area contributed by atoms with Crippen LogP contribution in [-0.4, -0.2) is 46.6 Å². The summed E-state index contributed by atoms with van der Waals surface area (Å²) in [5.74, 6) is -0.560. The third-order valence-electron chi connectivity index (χ3n) is 3.34. The minimum Gasteiger partial charge on any atom is -0.368 e. The fraction of sp³-hybridized carbons (Fsp3) is 0.583. The van der Waals surface area contributed by atoms with Crippen LogP contribution >= 0.6 is 0 Å². The Morgan fingerprint density at radius 2 is 2.42 bits per heavy atom. The molecule has 0 aromatic rings. The number of nitriles is 1. The van der Waals surface area contributed by atoms with Crippen LogP contribution in [0.2, 0.25) is 0 Å². The van der Waals surface area contributed by atoms with Crippen molar-refractivity contribution in [3.05, 3.63) is 11.6 Å². The quantitative estimate of drug-likeness (QED) is 0.730. The smallest absolute Gasteiger partial charge is 0.345 e. The lowest BCUT2D eigenvalue weighted by Crippen LogP contribution is -2.48. The molecule has 2 bridgehead atoms. The molecule has 2 rings (SSSR count). The van der Waals surface area contributed by atoms with Crippen molar-refractivity contribution in [2.45, 2.75) is 38.5 Å². The number of hydrogen-bond acceptors (Lipinski definition) is 4. The minimum absolute atomic E-state index is 0.273. The number of hydroxylamine groups is 2. The van der Waals surface area contributed by atoms with E-state index in [1.807, 2.05) is 6.07 Å². The number of rotatable bonds is 4. The summed E-state index contributed by atoms with van der Waals surface area (Å²) in [5.41, 5.74) is 6.05. The van der Waals surface area contributed by atoms with Gasteiger partial charge in [-0.15, -0.1) is 0 Å². The van der Waals surface area contributed by atoms with Crippen LogP contribution in [0.15, 0.2) is 11.6 Å². The molecule has 2 N–H and O–H groups in total. The van der Waals surface area contributed by atoms with E-state index in [9.17, 15) is 9.59 Å². The van der Waals surface area contributed by atoms with Crippen LogP contribution in [0.25, 0.3) is 0 Å². The van der Waals surface area contributed by atoms with E-state index in [2.05, 4.69) is 0 Å². The lowest BCUT2D eigenvalue weighted by atomic mass is 10.0. The molecule has 0 aromatic carbocycles. The van der Waals surface area contributed by atoms with Gasteiger partial charge in [-0.25, -0.2) is 4.79 Å². The van der Waals surface area contributed by atoms with Crippen molar-refractivity contribution in [1.29, 1.82) is 5.26 Å². The average molecular weight is 264 g/mol.